The summed E-state index contributed by atoms with van der Waals surface area (Å²) in [5, 5.41) is 0. The number of halogens is 3. The highest BCUT2D eigenvalue weighted by molar-refractivity contribution is 5.77. The number of carbonyl (C=O) groups is 2. The second-order valence-electron chi connectivity index (χ2n) is 11.1. The molecule has 1 aromatic carbocycles. The maximum atomic E-state index is 13.0. The van der Waals surface area contributed by atoms with E-state index in [2.05, 4.69) is 17.9 Å². The second kappa shape index (κ2) is 9.54. The van der Waals surface area contributed by atoms with E-state index in [-0.39, 0.29) is 30.1 Å². The molecule has 0 radical (unpaired) electrons. The predicted molar refractivity (Wildman–Crippen MR) is 128 cm³/mol. The van der Waals surface area contributed by atoms with Gasteiger partial charge in [-0.15, -0.1) is 0 Å². The highest BCUT2D eigenvalue weighted by Crippen LogP contribution is 2.46. The van der Waals surface area contributed by atoms with Gasteiger partial charge in [0.1, 0.15) is 6.42 Å². The number of carbonyl (C=O) groups excluding carboxylic acids is 2. The van der Waals surface area contributed by atoms with Gasteiger partial charge in [0.15, 0.2) is 0 Å². The number of alkyl halides is 3. The van der Waals surface area contributed by atoms with Gasteiger partial charge in [0.2, 0.25) is 5.91 Å². The number of nitrogens with zero attached hydrogens (tertiary/aromatic N) is 3. The van der Waals surface area contributed by atoms with Crippen LogP contribution in [-0.2, 0) is 21.5 Å². The molecular weight excluding hydrogens is 471 g/mol. The molecule has 2 amide bonds. The van der Waals surface area contributed by atoms with E-state index in [0.29, 0.717) is 19.2 Å². The average molecular weight is 508 g/mol. The van der Waals surface area contributed by atoms with Crippen molar-refractivity contribution in [3.8, 4) is 0 Å². The van der Waals surface area contributed by atoms with E-state index in [1.54, 1.807) is 0 Å². The fraction of sp³-hybridized carbons (Fsp3) is 0.704. The summed E-state index contributed by atoms with van der Waals surface area (Å²) in [4.78, 5) is 31.0. The van der Waals surface area contributed by atoms with Crippen molar-refractivity contribution < 1.29 is 27.5 Å². The van der Waals surface area contributed by atoms with Gasteiger partial charge in [-0.05, 0) is 82.2 Å². The standard InChI is InChI=1S/C27H36F3N3O3/c1-3-36-25(35)33-20-7-8-21(33)14-22(13-20)31-11-9-26(10-12-31)17-32(23(34)15-27(28,29)30)16-19-6-4-5-18(2)24(19)26/h4-6,20-22H,3,7-17H2,1-2H3. The fourth-order valence-corrected chi connectivity index (χ4v) is 7.45. The molecule has 1 spiro atoms. The van der Waals surface area contributed by atoms with Gasteiger partial charge >= 0.3 is 12.3 Å². The molecule has 4 aliphatic heterocycles. The first-order valence-corrected chi connectivity index (χ1v) is 13.2. The number of hydrogen-bond donors (Lipinski definition) is 0. The van der Waals surface area contributed by atoms with Crippen LogP contribution in [0.4, 0.5) is 18.0 Å². The topological polar surface area (TPSA) is 53.1 Å². The van der Waals surface area contributed by atoms with E-state index in [0.717, 1.165) is 62.7 Å². The zero-order valence-electron chi connectivity index (χ0n) is 21.1. The van der Waals surface area contributed by atoms with E-state index in [9.17, 15) is 22.8 Å². The Kier molecular flexibility index (Phi) is 6.72. The van der Waals surface area contributed by atoms with Gasteiger partial charge in [-0.2, -0.15) is 13.2 Å². The molecule has 0 N–H and O–H groups in total. The molecule has 1 aromatic rings. The third-order valence-corrected chi connectivity index (χ3v) is 8.91. The minimum atomic E-state index is -4.50. The molecule has 5 rings (SSSR count). The largest absolute Gasteiger partial charge is 0.450 e. The summed E-state index contributed by atoms with van der Waals surface area (Å²) < 4.78 is 44.3. The number of hydrogen-bond acceptors (Lipinski definition) is 4. The average Bonchev–Trinajstić information content (AvgIpc) is 3.08. The Bertz CT molecular complexity index is 992. The van der Waals surface area contributed by atoms with E-state index >= 15 is 0 Å². The Morgan fingerprint density at radius 2 is 1.75 bits per heavy atom. The summed E-state index contributed by atoms with van der Waals surface area (Å²) in [6.07, 6.45) is -0.568. The third-order valence-electron chi connectivity index (χ3n) is 8.91. The van der Waals surface area contributed by atoms with E-state index in [1.165, 1.54) is 10.5 Å². The van der Waals surface area contributed by atoms with Crippen molar-refractivity contribution in [1.82, 2.24) is 14.7 Å². The minimum absolute atomic E-state index is 0.195. The van der Waals surface area contributed by atoms with Gasteiger partial charge in [0.25, 0.3) is 0 Å². The molecule has 4 heterocycles. The molecule has 198 valence electrons. The molecule has 0 saturated carbocycles. The second-order valence-corrected chi connectivity index (χ2v) is 11.1. The molecule has 3 saturated heterocycles. The monoisotopic (exact) mass is 507 g/mol. The summed E-state index contributed by atoms with van der Waals surface area (Å²) >= 11 is 0. The molecule has 3 fully saturated rings. The summed E-state index contributed by atoms with van der Waals surface area (Å²) in [6, 6.07) is 6.80. The smallest absolute Gasteiger partial charge is 0.410 e. The van der Waals surface area contributed by atoms with E-state index < -0.39 is 18.5 Å². The van der Waals surface area contributed by atoms with Crippen LogP contribution in [-0.4, -0.2) is 77.2 Å². The van der Waals surface area contributed by atoms with Gasteiger partial charge in [0.05, 0.1) is 6.61 Å². The van der Waals surface area contributed by atoms with Crippen molar-refractivity contribution in [2.75, 3.05) is 26.2 Å². The lowest BCUT2D eigenvalue weighted by Gasteiger charge is -2.52. The highest BCUT2D eigenvalue weighted by Gasteiger charge is 2.49. The Morgan fingerprint density at radius 1 is 1.08 bits per heavy atom. The van der Waals surface area contributed by atoms with Crippen LogP contribution in [0.15, 0.2) is 18.2 Å². The molecule has 2 unspecified atom stereocenters. The number of likely N-dealkylation sites (tertiary alicyclic amines) is 1. The fourth-order valence-electron chi connectivity index (χ4n) is 7.45. The van der Waals surface area contributed by atoms with Crippen LogP contribution in [0.2, 0.25) is 0 Å². The summed E-state index contributed by atoms with van der Waals surface area (Å²) in [6.45, 7) is 6.57. The number of ether oxygens (including phenoxy) is 1. The lowest BCUT2D eigenvalue weighted by atomic mass is 9.67. The molecule has 36 heavy (non-hydrogen) atoms. The molecule has 2 bridgehead atoms. The predicted octanol–water partition coefficient (Wildman–Crippen LogP) is 4.78. The minimum Gasteiger partial charge on any atom is -0.450 e. The Hall–Kier alpha value is -2.29. The third kappa shape index (κ3) is 4.71. The van der Waals surface area contributed by atoms with E-state index in [1.807, 2.05) is 24.0 Å². The summed E-state index contributed by atoms with van der Waals surface area (Å²) in [5.41, 5.74) is 3.05. The molecule has 4 aliphatic rings. The number of aryl methyl sites for hydroxylation is 1. The Morgan fingerprint density at radius 3 is 2.36 bits per heavy atom. The maximum Gasteiger partial charge on any atom is 0.410 e. The Labute approximate surface area is 210 Å². The van der Waals surface area contributed by atoms with Gasteiger partial charge in [0, 0.05) is 36.6 Å². The molecule has 2 atom stereocenters. The summed E-state index contributed by atoms with van der Waals surface area (Å²) in [5.74, 6) is -0.834. The van der Waals surface area contributed by atoms with Crippen molar-refractivity contribution >= 4 is 12.0 Å². The zero-order valence-corrected chi connectivity index (χ0v) is 21.1. The Balaban J connectivity index is 1.31. The molecule has 9 heteroatoms. The van der Waals surface area contributed by atoms with Gasteiger partial charge in [-0.1, -0.05) is 18.2 Å². The van der Waals surface area contributed by atoms with E-state index in [4.69, 9.17) is 4.74 Å². The number of fused-ring (bicyclic) bond motifs is 4. The van der Waals surface area contributed by atoms with Crippen LogP contribution in [0.25, 0.3) is 0 Å². The highest BCUT2D eigenvalue weighted by atomic mass is 19.4. The molecular formula is C27H36F3N3O3. The normalized spacial score (nSPS) is 27.8. The van der Waals surface area contributed by atoms with Crippen molar-refractivity contribution in [3.63, 3.8) is 0 Å². The maximum absolute atomic E-state index is 13.0. The van der Waals surface area contributed by atoms with Crippen molar-refractivity contribution in [2.24, 2.45) is 0 Å². The lowest BCUT2D eigenvalue weighted by Crippen LogP contribution is -2.58. The van der Waals surface area contributed by atoms with Crippen molar-refractivity contribution in [3.05, 3.63) is 34.9 Å². The van der Waals surface area contributed by atoms with Crippen LogP contribution in [0.5, 0.6) is 0 Å². The van der Waals surface area contributed by atoms with Crippen molar-refractivity contribution in [2.45, 2.75) is 95.1 Å². The first kappa shape index (κ1) is 25.4. The van der Waals surface area contributed by atoms with Crippen LogP contribution in [0.1, 0.15) is 68.6 Å². The first-order chi connectivity index (χ1) is 17.1. The first-order valence-electron chi connectivity index (χ1n) is 13.2. The van der Waals surface area contributed by atoms with Crippen molar-refractivity contribution in [1.29, 1.82) is 0 Å². The quantitative estimate of drug-likeness (QED) is 0.591. The van der Waals surface area contributed by atoms with Crippen LogP contribution in [0.3, 0.4) is 0 Å². The zero-order chi connectivity index (χ0) is 25.7. The van der Waals surface area contributed by atoms with Crippen LogP contribution in [0, 0.1) is 6.92 Å². The number of rotatable bonds is 3. The molecule has 0 aliphatic carbocycles. The SMILES string of the molecule is CCOC(=O)N1C2CCC1CC(N1CCC3(CC1)CN(C(=O)CC(F)(F)F)Cc1cccc(C)c13)C2. The number of amides is 2. The van der Waals surface area contributed by atoms with Gasteiger partial charge in [-0.25, -0.2) is 4.79 Å². The summed E-state index contributed by atoms with van der Waals surface area (Å²) in [7, 11) is 0. The van der Waals surface area contributed by atoms with Crippen LogP contribution < -0.4 is 0 Å². The number of piperidine rings is 2. The van der Waals surface area contributed by atoms with Crippen LogP contribution >= 0.6 is 0 Å². The van der Waals surface area contributed by atoms with Gasteiger partial charge < -0.3 is 19.4 Å². The molecule has 6 nitrogen and oxygen atoms in total. The number of benzene rings is 1. The van der Waals surface area contributed by atoms with Gasteiger partial charge in [-0.3, -0.25) is 4.79 Å². The lowest BCUT2D eigenvalue weighted by molar-refractivity contribution is -0.163. The molecule has 0 aromatic heterocycles.